The van der Waals surface area contributed by atoms with Gasteiger partial charge in [0.25, 0.3) is 0 Å². The Labute approximate surface area is 137 Å². The van der Waals surface area contributed by atoms with Crippen molar-refractivity contribution in [2.24, 2.45) is 0 Å². The largest absolute Gasteiger partial charge is 2.00 e. The minimum atomic E-state index is -1.44. The third-order valence-corrected chi connectivity index (χ3v) is 1.58. The molecule has 21 heavy (non-hydrogen) atoms. The maximum absolute atomic E-state index is 10.4. The van der Waals surface area contributed by atoms with E-state index in [0.29, 0.717) is 0 Å². The van der Waals surface area contributed by atoms with E-state index in [1.165, 1.54) is 13.8 Å². The molecule has 0 aliphatic carbocycles. The zero-order valence-corrected chi connectivity index (χ0v) is 14.4. The van der Waals surface area contributed by atoms with E-state index in [4.69, 9.17) is 0 Å². The molecule has 0 saturated heterocycles. The first-order valence-electron chi connectivity index (χ1n) is 5.46. The summed E-state index contributed by atoms with van der Waals surface area (Å²) in [5.74, 6) is -4.74. The fraction of sp³-hybridized carbons (Fsp3) is 0.500. The van der Waals surface area contributed by atoms with Gasteiger partial charge in [-0.15, -0.1) is 0 Å². The Morgan fingerprint density at radius 3 is 1.00 bits per heavy atom. The van der Waals surface area contributed by atoms with Crippen LogP contribution in [-0.4, -0.2) is 59.0 Å². The van der Waals surface area contributed by atoms with Gasteiger partial charge in [-0.05, 0) is 13.8 Å². The average molecular weight is 405 g/mol. The second kappa shape index (κ2) is 13.4. The van der Waals surface area contributed by atoms with Crippen LogP contribution in [0, 0.1) is 0 Å². The molecule has 0 saturated carbocycles. The molecule has 0 rings (SSSR count). The molecule has 0 unspecified atom stereocenters. The summed E-state index contributed by atoms with van der Waals surface area (Å²) in [7, 11) is 0. The van der Waals surface area contributed by atoms with Crippen LogP contribution < -0.4 is 10.2 Å². The molecule has 0 amide bonds. The molecule has 8 nitrogen and oxygen atoms in total. The van der Waals surface area contributed by atoms with Crippen molar-refractivity contribution in [3.05, 3.63) is 0 Å². The molecule has 2 radical (unpaired) electrons. The van der Waals surface area contributed by atoms with Crippen LogP contribution in [0.25, 0.3) is 0 Å². The summed E-state index contributed by atoms with van der Waals surface area (Å²) in [6, 6.07) is 0. The third kappa shape index (κ3) is 23.9. The predicted octanol–water partition coefficient (Wildman–Crippen LogP) is -3.03. The third-order valence-electron chi connectivity index (χ3n) is 1.58. The number of aliphatic carboxylic acids is 2. The first kappa shape index (κ1) is 24.4. The van der Waals surface area contributed by atoms with E-state index in [1.807, 2.05) is 0 Å². The number of hydrogen-bond acceptors (Lipinski definition) is 8. The van der Waals surface area contributed by atoms with Crippen LogP contribution in [0.5, 0.6) is 0 Å². The van der Waals surface area contributed by atoms with Crippen molar-refractivity contribution in [1.82, 2.24) is 0 Å². The van der Waals surface area contributed by atoms with Gasteiger partial charge in [0, 0.05) is 24.8 Å². The van der Waals surface area contributed by atoms with E-state index < -0.39 is 36.3 Å². The molecule has 0 aliphatic heterocycles. The molecule has 0 aliphatic rings. The molecule has 9 heteroatoms. The topological polar surface area (TPSA) is 149 Å². The van der Waals surface area contributed by atoms with E-state index in [9.17, 15) is 39.0 Å². The number of carboxylic acid groups (broad SMARTS) is 2. The van der Waals surface area contributed by atoms with Crippen LogP contribution in [-0.2, 0) is 28.8 Å². The van der Waals surface area contributed by atoms with Gasteiger partial charge in [0.15, 0.2) is 0 Å². The van der Waals surface area contributed by atoms with E-state index >= 15 is 0 Å². The molecular weight excluding hydrogens is 391 g/mol. The number of rotatable bonds is 8. The molecule has 0 spiro atoms. The second-order valence-corrected chi connectivity index (χ2v) is 3.93. The molecule has 0 bridgehead atoms. The van der Waals surface area contributed by atoms with E-state index in [-0.39, 0.29) is 48.3 Å². The Hall–Kier alpha value is -1.58. The molecule has 0 aromatic heterocycles. The Morgan fingerprint density at radius 1 is 0.619 bits per heavy atom. The second-order valence-electron chi connectivity index (χ2n) is 3.93. The van der Waals surface area contributed by atoms with Crippen LogP contribution in [0.1, 0.15) is 39.5 Å². The maximum Gasteiger partial charge on any atom is 2.00 e. The predicted molar refractivity (Wildman–Crippen MR) is 65.6 cm³/mol. The zero-order chi connectivity index (χ0) is 16.3. The number of hydrogen-bond donors (Lipinski definition) is 0. The van der Waals surface area contributed by atoms with Crippen LogP contribution >= 0.6 is 0 Å². The van der Waals surface area contributed by atoms with Crippen molar-refractivity contribution in [1.29, 1.82) is 0 Å². The minimum Gasteiger partial charge on any atom is -0.550 e. The van der Waals surface area contributed by atoms with E-state index in [0.717, 1.165) is 0 Å². The van der Waals surface area contributed by atoms with Crippen molar-refractivity contribution in [2.75, 3.05) is 0 Å². The van der Waals surface area contributed by atoms with Gasteiger partial charge in [-0.3, -0.25) is 19.2 Å². The first-order valence-corrected chi connectivity index (χ1v) is 5.46. The number of carbonyl (C=O) groups is 6. The molecule has 0 N–H and O–H groups in total. The monoisotopic (exact) mass is 406 g/mol. The minimum absolute atomic E-state index is 0. The molecule has 0 atom stereocenters. The van der Waals surface area contributed by atoms with Gasteiger partial charge in [-0.2, -0.15) is 0 Å². The normalized spacial score (nSPS) is 8.48. The smallest absolute Gasteiger partial charge is 0.550 e. The van der Waals surface area contributed by atoms with Crippen molar-refractivity contribution < 1.29 is 39.0 Å². The first-order chi connectivity index (χ1) is 9.04. The van der Waals surface area contributed by atoms with Gasteiger partial charge in [0.2, 0.25) is 0 Å². The van der Waals surface area contributed by atoms with Crippen LogP contribution in [0.3, 0.4) is 0 Å². The summed E-state index contributed by atoms with van der Waals surface area (Å²) in [6.45, 7) is 2.46. The maximum atomic E-state index is 10.4. The van der Waals surface area contributed by atoms with Crippen LogP contribution in [0.2, 0.25) is 0 Å². The van der Waals surface area contributed by atoms with Gasteiger partial charge < -0.3 is 19.8 Å². The van der Waals surface area contributed by atoms with Gasteiger partial charge in [0.1, 0.15) is 23.1 Å². The molecule has 0 aromatic carbocycles. The Morgan fingerprint density at radius 2 is 0.857 bits per heavy atom. The summed E-state index contributed by atoms with van der Waals surface area (Å²) < 4.78 is 0. The summed E-state index contributed by atoms with van der Waals surface area (Å²) >= 11 is 0. The molecule has 0 fully saturated rings. The number of carbonyl (C=O) groups excluding carboxylic acids is 6. The molecule has 114 valence electrons. The number of ketones is 4. The van der Waals surface area contributed by atoms with Crippen molar-refractivity contribution in [3.8, 4) is 0 Å². The summed E-state index contributed by atoms with van der Waals surface area (Å²) in [4.78, 5) is 60.7. The number of Topliss-reactive ketones (excluding diaryl/α,β-unsaturated/α-hetero) is 4. The van der Waals surface area contributed by atoms with Gasteiger partial charge in [-0.25, -0.2) is 0 Å². The average Bonchev–Trinajstić information content (AvgIpc) is 2.11. The van der Waals surface area contributed by atoms with Gasteiger partial charge in [0.05, 0.1) is 12.8 Å². The van der Waals surface area contributed by atoms with Crippen molar-refractivity contribution >= 4 is 59.0 Å². The van der Waals surface area contributed by atoms with E-state index in [1.54, 1.807) is 0 Å². The Balaban J connectivity index is -0.000000295. The Bertz CT molecular complexity index is 351. The van der Waals surface area contributed by atoms with Crippen LogP contribution in [0.4, 0.5) is 0 Å². The fourth-order valence-electron chi connectivity index (χ4n) is 1.00. The molecular formula is C12H14O8Sn. The van der Waals surface area contributed by atoms with Gasteiger partial charge in [-0.1, -0.05) is 0 Å². The molecule has 0 aromatic rings. The SMILES string of the molecule is CC(=O)CC(=O)CC(=O)[O-].CC(=O)CC(=O)CC(=O)[O-].[Sn+2]. The summed E-state index contributed by atoms with van der Waals surface area (Å²) in [6.07, 6.45) is -1.96. The van der Waals surface area contributed by atoms with Crippen molar-refractivity contribution in [2.45, 2.75) is 39.5 Å². The Kier molecular flexibility index (Phi) is 15.6. The standard InChI is InChI=1S/2C6H8O4.Sn/c2*1-4(7)2-5(8)3-6(9)10;/h2*2-3H2,1H3,(H,9,10);/q;;+2/p-2. The van der Waals surface area contributed by atoms with Crippen molar-refractivity contribution in [3.63, 3.8) is 0 Å². The van der Waals surface area contributed by atoms with E-state index in [2.05, 4.69) is 0 Å². The summed E-state index contributed by atoms with van der Waals surface area (Å²) in [5, 5.41) is 19.5. The van der Waals surface area contributed by atoms with Gasteiger partial charge >= 0.3 is 23.9 Å². The summed E-state index contributed by atoms with van der Waals surface area (Å²) in [5.41, 5.74) is 0. The number of carboxylic acids is 2. The van der Waals surface area contributed by atoms with Crippen LogP contribution in [0.15, 0.2) is 0 Å². The fourth-order valence-corrected chi connectivity index (χ4v) is 1.00. The quantitative estimate of drug-likeness (QED) is 0.306. The molecule has 0 heterocycles. The zero-order valence-electron chi connectivity index (χ0n) is 11.6.